The molecule has 0 radical (unpaired) electrons. The number of ether oxygens (including phenoxy) is 1. The van der Waals surface area contributed by atoms with Gasteiger partial charge in [0.25, 0.3) is 0 Å². The van der Waals surface area contributed by atoms with Crippen molar-refractivity contribution in [3.05, 3.63) is 23.8 Å². The minimum atomic E-state index is -0.493. The standard InChI is InChI=1S/C16H25NO2S/c1-19-14-7-6-13(10-15(14)20-2)11-17-12-16(18)8-4-3-5-9-16/h6-7,10,17-18H,3-5,8-9,11-12H2,1-2H3. The summed E-state index contributed by atoms with van der Waals surface area (Å²) < 4.78 is 5.33. The van der Waals surface area contributed by atoms with E-state index in [9.17, 15) is 5.11 Å². The Morgan fingerprint density at radius 2 is 2.05 bits per heavy atom. The van der Waals surface area contributed by atoms with Gasteiger partial charge in [0, 0.05) is 18.0 Å². The van der Waals surface area contributed by atoms with Crippen LogP contribution in [0.5, 0.6) is 5.75 Å². The Balaban J connectivity index is 1.87. The van der Waals surface area contributed by atoms with E-state index in [4.69, 9.17) is 4.74 Å². The maximum atomic E-state index is 10.4. The number of methoxy groups -OCH3 is 1. The molecule has 0 heterocycles. The molecule has 2 rings (SSSR count). The SMILES string of the molecule is COc1ccc(CNCC2(O)CCCCC2)cc1SC. The molecule has 0 bridgehead atoms. The highest BCUT2D eigenvalue weighted by Gasteiger charge is 2.28. The molecule has 4 heteroatoms. The normalized spacial score (nSPS) is 17.9. The van der Waals surface area contributed by atoms with Crippen LogP contribution in [0.25, 0.3) is 0 Å². The average Bonchev–Trinajstić information content (AvgIpc) is 2.47. The number of nitrogens with one attached hydrogen (secondary N) is 1. The smallest absolute Gasteiger partial charge is 0.132 e. The van der Waals surface area contributed by atoms with E-state index in [-0.39, 0.29) is 0 Å². The first-order chi connectivity index (χ1) is 9.67. The summed E-state index contributed by atoms with van der Waals surface area (Å²) in [6.07, 6.45) is 7.48. The van der Waals surface area contributed by atoms with Gasteiger partial charge in [-0.2, -0.15) is 0 Å². The summed E-state index contributed by atoms with van der Waals surface area (Å²) in [6.45, 7) is 1.48. The highest BCUT2D eigenvalue weighted by atomic mass is 32.2. The molecule has 20 heavy (non-hydrogen) atoms. The summed E-state index contributed by atoms with van der Waals surface area (Å²) in [6, 6.07) is 6.25. The van der Waals surface area contributed by atoms with Crippen LogP contribution in [0.15, 0.2) is 23.1 Å². The first kappa shape index (κ1) is 15.7. The van der Waals surface area contributed by atoms with Crippen LogP contribution < -0.4 is 10.1 Å². The van der Waals surface area contributed by atoms with E-state index in [1.807, 2.05) is 6.07 Å². The Kier molecular flexibility index (Phi) is 5.75. The largest absolute Gasteiger partial charge is 0.496 e. The Morgan fingerprint density at radius 3 is 2.70 bits per heavy atom. The van der Waals surface area contributed by atoms with Gasteiger partial charge in [0.1, 0.15) is 5.75 Å². The molecule has 1 fully saturated rings. The van der Waals surface area contributed by atoms with Crippen molar-refractivity contribution in [1.82, 2.24) is 5.32 Å². The van der Waals surface area contributed by atoms with Gasteiger partial charge >= 0.3 is 0 Å². The van der Waals surface area contributed by atoms with E-state index >= 15 is 0 Å². The summed E-state index contributed by atoms with van der Waals surface area (Å²) in [7, 11) is 1.70. The number of rotatable bonds is 6. The van der Waals surface area contributed by atoms with Gasteiger partial charge in [-0.05, 0) is 36.8 Å². The molecule has 1 aliphatic rings. The Hall–Kier alpha value is -0.710. The first-order valence-corrected chi connectivity index (χ1v) is 8.53. The lowest BCUT2D eigenvalue weighted by Gasteiger charge is -2.32. The maximum absolute atomic E-state index is 10.4. The lowest BCUT2D eigenvalue weighted by molar-refractivity contribution is 0.00467. The molecule has 0 unspecified atom stereocenters. The number of thioether (sulfide) groups is 1. The van der Waals surface area contributed by atoms with E-state index in [1.165, 1.54) is 12.0 Å². The van der Waals surface area contributed by atoms with Crippen LogP contribution >= 0.6 is 11.8 Å². The number of benzene rings is 1. The van der Waals surface area contributed by atoms with Crippen molar-refractivity contribution in [3.8, 4) is 5.75 Å². The molecule has 112 valence electrons. The third-order valence-corrected chi connectivity index (χ3v) is 4.77. The van der Waals surface area contributed by atoms with Gasteiger partial charge in [-0.25, -0.2) is 0 Å². The van der Waals surface area contributed by atoms with Crippen molar-refractivity contribution in [3.63, 3.8) is 0 Å². The highest BCUT2D eigenvalue weighted by molar-refractivity contribution is 7.98. The second-order valence-corrected chi connectivity index (χ2v) is 6.43. The van der Waals surface area contributed by atoms with Crippen LogP contribution in [0.2, 0.25) is 0 Å². The molecule has 2 N–H and O–H groups in total. The van der Waals surface area contributed by atoms with E-state index in [0.717, 1.165) is 42.9 Å². The summed E-state index contributed by atoms with van der Waals surface area (Å²) in [5, 5.41) is 13.8. The van der Waals surface area contributed by atoms with Gasteiger partial charge in [0.15, 0.2) is 0 Å². The van der Waals surface area contributed by atoms with Crippen LogP contribution in [-0.2, 0) is 6.54 Å². The molecule has 0 atom stereocenters. The zero-order valence-electron chi connectivity index (χ0n) is 12.4. The Morgan fingerprint density at radius 1 is 1.30 bits per heavy atom. The molecule has 0 aromatic heterocycles. The Labute approximate surface area is 126 Å². The maximum Gasteiger partial charge on any atom is 0.132 e. The number of aliphatic hydroxyl groups is 1. The highest BCUT2D eigenvalue weighted by Crippen LogP contribution is 2.29. The summed E-state index contributed by atoms with van der Waals surface area (Å²) >= 11 is 1.69. The van der Waals surface area contributed by atoms with E-state index in [2.05, 4.69) is 23.7 Å². The molecule has 0 spiro atoms. The third-order valence-electron chi connectivity index (χ3n) is 4.02. The summed E-state index contributed by atoms with van der Waals surface area (Å²) in [5.74, 6) is 0.923. The number of hydrogen-bond acceptors (Lipinski definition) is 4. The van der Waals surface area contributed by atoms with Crippen LogP contribution in [0.1, 0.15) is 37.7 Å². The van der Waals surface area contributed by atoms with Crippen LogP contribution in [-0.4, -0.2) is 30.6 Å². The third kappa shape index (κ3) is 4.14. The van der Waals surface area contributed by atoms with Gasteiger partial charge in [-0.15, -0.1) is 11.8 Å². The molecule has 0 aliphatic heterocycles. The fourth-order valence-corrected chi connectivity index (χ4v) is 3.44. The molecule has 0 saturated heterocycles. The van der Waals surface area contributed by atoms with Crippen LogP contribution in [0, 0.1) is 0 Å². The molecule has 1 aromatic rings. The van der Waals surface area contributed by atoms with Crippen molar-refractivity contribution in [2.45, 2.75) is 49.1 Å². The van der Waals surface area contributed by atoms with Crippen molar-refractivity contribution in [2.75, 3.05) is 19.9 Å². The van der Waals surface area contributed by atoms with Gasteiger partial charge in [0.2, 0.25) is 0 Å². The van der Waals surface area contributed by atoms with E-state index < -0.39 is 5.60 Å². The second-order valence-electron chi connectivity index (χ2n) is 5.58. The van der Waals surface area contributed by atoms with Crippen molar-refractivity contribution >= 4 is 11.8 Å². The second kappa shape index (κ2) is 7.34. The molecule has 1 aromatic carbocycles. The quantitative estimate of drug-likeness (QED) is 0.791. The molecular weight excluding hydrogens is 270 g/mol. The zero-order chi connectivity index (χ0) is 14.4. The lowest BCUT2D eigenvalue weighted by Crippen LogP contribution is -2.41. The molecular formula is C16H25NO2S. The first-order valence-electron chi connectivity index (χ1n) is 7.31. The number of hydrogen-bond donors (Lipinski definition) is 2. The Bertz CT molecular complexity index is 430. The molecule has 0 amide bonds. The van der Waals surface area contributed by atoms with Crippen LogP contribution in [0.3, 0.4) is 0 Å². The lowest BCUT2D eigenvalue weighted by atomic mass is 9.85. The summed E-state index contributed by atoms with van der Waals surface area (Å²) in [4.78, 5) is 1.16. The minimum Gasteiger partial charge on any atom is -0.496 e. The fraction of sp³-hybridized carbons (Fsp3) is 0.625. The molecule has 1 aliphatic carbocycles. The molecule has 3 nitrogen and oxygen atoms in total. The van der Waals surface area contributed by atoms with Gasteiger partial charge in [-0.3, -0.25) is 0 Å². The predicted octanol–water partition coefficient (Wildman–Crippen LogP) is 3.20. The minimum absolute atomic E-state index is 0.493. The molecule has 1 saturated carbocycles. The summed E-state index contributed by atoms with van der Waals surface area (Å²) in [5.41, 5.74) is 0.738. The topological polar surface area (TPSA) is 41.5 Å². The average molecular weight is 295 g/mol. The van der Waals surface area contributed by atoms with Crippen molar-refractivity contribution < 1.29 is 9.84 Å². The van der Waals surface area contributed by atoms with E-state index in [1.54, 1.807) is 18.9 Å². The van der Waals surface area contributed by atoms with E-state index in [0.29, 0.717) is 6.54 Å². The predicted molar refractivity (Wildman–Crippen MR) is 84.5 cm³/mol. The fourth-order valence-electron chi connectivity index (χ4n) is 2.82. The van der Waals surface area contributed by atoms with Gasteiger partial charge in [-0.1, -0.05) is 25.3 Å². The van der Waals surface area contributed by atoms with Crippen LogP contribution in [0.4, 0.5) is 0 Å². The van der Waals surface area contributed by atoms with Gasteiger partial charge < -0.3 is 15.2 Å². The monoisotopic (exact) mass is 295 g/mol. The van der Waals surface area contributed by atoms with Crippen molar-refractivity contribution in [2.24, 2.45) is 0 Å². The van der Waals surface area contributed by atoms with Crippen molar-refractivity contribution in [1.29, 1.82) is 0 Å². The zero-order valence-corrected chi connectivity index (χ0v) is 13.3. The van der Waals surface area contributed by atoms with Gasteiger partial charge in [0.05, 0.1) is 12.7 Å².